The largest absolute Gasteiger partial charge is 0.340 e. The van der Waals surface area contributed by atoms with Gasteiger partial charge in [0.1, 0.15) is 15.9 Å². The lowest BCUT2D eigenvalue weighted by molar-refractivity contribution is -0.132. The van der Waals surface area contributed by atoms with Crippen molar-refractivity contribution in [2.45, 2.75) is 17.7 Å². The van der Waals surface area contributed by atoms with E-state index in [4.69, 9.17) is 5.73 Å². The van der Waals surface area contributed by atoms with Crippen LogP contribution in [0.5, 0.6) is 0 Å². The molecular weight excluding hydrogens is 350 g/mol. The van der Waals surface area contributed by atoms with Crippen molar-refractivity contribution < 1.29 is 13.2 Å². The molecule has 3 rings (SSSR count). The van der Waals surface area contributed by atoms with Crippen molar-refractivity contribution in [1.82, 2.24) is 18.0 Å². The Hall–Kier alpha value is -1.62. The average molecular weight is 369 g/mol. The number of nitrogens with zero attached hydrogens (tertiary/aromatic N) is 4. The number of carbonyl (C=O) groups excluding carboxylic acids is 1. The minimum atomic E-state index is -3.65. The fraction of sp³-hybridized carbons (Fsp3) is 0.500. The van der Waals surface area contributed by atoms with Crippen LogP contribution in [0.3, 0.4) is 0 Å². The van der Waals surface area contributed by atoms with Gasteiger partial charge in [-0.1, -0.05) is 6.07 Å². The Morgan fingerprint density at radius 1 is 1.21 bits per heavy atom. The molecule has 1 fully saturated rings. The van der Waals surface area contributed by atoms with Crippen LogP contribution in [-0.2, 0) is 14.8 Å². The van der Waals surface area contributed by atoms with Crippen LogP contribution in [0.2, 0.25) is 0 Å². The predicted molar refractivity (Wildman–Crippen MR) is 91.0 cm³/mol. The molecule has 1 aliphatic rings. The van der Waals surface area contributed by atoms with Crippen molar-refractivity contribution in [3.05, 3.63) is 18.2 Å². The van der Waals surface area contributed by atoms with Crippen LogP contribution in [0, 0.1) is 0 Å². The Morgan fingerprint density at radius 3 is 2.67 bits per heavy atom. The van der Waals surface area contributed by atoms with Gasteiger partial charge in [-0.25, -0.2) is 8.42 Å². The second kappa shape index (κ2) is 7.09. The molecule has 0 unspecified atom stereocenters. The third-order valence-electron chi connectivity index (χ3n) is 4.05. The average Bonchev–Trinajstić information content (AvgIpc) is 3.08. The first kappa shape index (κ1) is 17.2. The van der Waals surface area contributed by atoms with Crippen LogP contribution in [0.25, 0.3) is 11.0 Å². The Labute approximate surface area is 144 Å². The topological polar surface area (TPSA) is 109 Å². The second-order valence-corrected chi connectivity index (χ2v) is 8.00. The first-order chi connectivity index (χ1) is 11.5. The molecule has 2 aromatic rings. The third-order valence-corrected chi connectivity index (χ3v) is 6.53. The molecule has 0 spiro atoms. The molecule has 0 saturated carbocycles. The van der Waals surface area contributed by atoms with E-state index in [9.17, 15) is 13.2 Å². The zero-order chi connectivity index (χ0) is 17.2. The Balaban J connectivity index is 1.74. The zero-order valence-corrected chi connectivity index (χ0v) is 14.7. The molecule has 8 nitrogen and oxygen atoms in total. The lowest BCUT2D eigenvalue weighted by Crippen LogP contribution is -2.50. The highest BCUT2D eigenvalue weighted by Gasteiger charge is 2.31. The van der Waals surface area contributed by atoms with Gasteiger partial charge in [-0.05, 0) is 25.1 Å². The Morgan fingerprint density at radius 2 is 1.96 bits per heavy atom. The molecule has 1 aliphatic heterocycles. The highest BCUT2D eigenvalue weighted by Crippen LogP contribution is 2.25. The van der Waals surface area contributed by atoms with Gasteiger partial charge in [0.05, 0.1) is 11.7 Å². The number of hydrogen-bond acceptors (Lipinski definition) is 7. The lowest BCUT2D eigenvalue weighted by atomic mass is 10.2. The molecule has 1 aromatic carbocycles. The molecule has 24 heavy (non-hydrogen) atoms. The van der Waals surface area contributed by atoms with Gasteiger partial charge < -0.3 is 10.6 Å². The van der Waals surface area contributed by atoms with E-state index in [0.29, 0.717) is 43.5 Å². The van der Waals surface area contributed by atoms with E-state index in [1.807, 2.05) is 0 Å². The summed E-state index contributed by atoms with van der Waals surface area (Å²) in [5, 5.41) is 0. The van der Waals surface area contributed by atoms with Crippen molar-refractivity contribution in [2.24, 2.45) is 5.73 Å². The Bertz CT molecular complexity index is 828. The van der Waals surface area contributed by atoms with Crippen molar-refractivity contribution in [2.75, 3.05) is 32.7 Å². The predicted octanol–water partition coefficient (Wildman–Crippen LogP) is 0.263. The number of piperazine rings is 1. The monoisotopic (exact) mass is 369 g/mol. The quantitative estimate of drug-likeness (QED) is 0.810. The normalized spacial score (nSPS) is 16.6. The van der Waals surface area contributed by atoms with Crippen LogP contribution in [-0.4, -0.2) is 65.0 Å². The summed E-state index contributed by atoms with van der Waals surface area (Å²) in [7, 11) is -3.65. The van der Waals surface area contributed by atoms with E-state index in [1.54, 1.807) is 23.1 Å². The zero-order valence-electron chi connectivity index (χ0n) is 13.1. The van der Waals surface area contributed by atoms with Gasteiger partial charge >= 0.3 is 0 Å². The maximum absolute atomic E-state index is 12.9. The number of hydrogen-bond donors (Lipinski definition) is 1. The SMILES string of the molecule is NCCCC(=O)N1CCN(S(=O)(=O)c2cccc3nsnc23)CC1. The van der Waals surface area contributed by atoms with Gasteiger partial charge in [0.15, 0.2) is 0 Å². The van der Waals surface area contributed by atoms with E-state index in [0.717, 1.165) is 11.7 Å². The number of amides is 1. The number of sulfonamides is 1. The van der Waals surface area contributed by atoms with Crippen LogP contribution in [0.15, 0.2) is 23.1 Å². The number of benzene rings is 1. The molecule has 1 amide bonds. The molecule has 0 atom stereocenters. The van der Waals surface area contributed by atoms with Gasteiger partial charge in [0.25, 0.3) is 0 Å². The van der Waals surface area contributed by atoms with Gasteiger partial charge in [-0.2, -0.15) is 13.1 Å². The molecule has 130 valence electrons. The first-order valence-electron chi connectivity index (χ1n) is 7.73. The molecule has 1 aromatic heterocycles. The van der Waals surface area contributed by atoms with E-state index >= 15 is 0 Å². The number of rotatable bonds is 5. The minimum absolute atomic E-state index is 0.0308. The summed E-state index contributed by atoms with van der Waals surface area (Å²) in [6.45, 7) is 1.84. The van der Waals surface area contributed by atoms with Crippen molar-refractivity contribution in [3.8, 4) is 0 Å². The summed E-state index contributed by atoms with van der Waals surface area (Å²) in [6, 6.07) is 4.97. The summed E-state index contributed by atoms with van der Waals surface area (Å²) in [5.41, 5.74) is 6.40. The van der Waals surface area contributed by atoms with E-state index in [2.05, 4.69) is 8.75 Å². The van der Waals surface area contributed by atoms with Gasteiger partial charge in [0, 0.05) is 32.6 Å². The van der Waals surface area contributed by atoms with Gasteiger partial charge in [-0.15, -0.1) is 0 Å². The third kappa shape index (κ3) is 3.27. The summed E-state index contributed by atoms with van der Waals surface area (Å²) in [4.78, 5) is 13.9. The van der Waals surface area contributed by atoms with Crippen molar-refractivity contribution in [1.29, 1.82) is 0 Å². The van der Waals surface area contributed by atoms with Gasteiger partial charge in [0.2, 0.25) is 15.9 Å². The summed E-state index contributed by atoms with van der Waals surface area (Å²) >= 11 is 0.996. The molecule has 0 bridgehead atoms. The molecule has 0 radical (unpaired) electrons. The smallest absolute Gasteiger partial charge is 0.245 e. The summed E-state index contributed by atoms with van der Waals surface area (Å²) in [6.07, 6.45) is 1.06. The molecule has 10 heteroatoms. The summed E-state index contributed by atoms with van der Waals surface area (Å²) < 4.78 is 35.4. The first-order valence-corrected chi connectivity index (χ1v) is 9.90. The minimum Gasteiger partial charge on any atom is -0.340 e. The maximum Gasteiger partial charge on any atom is 0.245 e. The number of fused-ring (bicyclic) bond motifs is 1. The number of carbonyl (C=O) groups is 1. The number of nitrogens with two attached hydrogens (primary N) is 1. The van der Waals surface area contributed by atoms with E-state index < -0.39 is 10.0 Å². The van der Waals surface area contributed by atoms with Crippen LogP contribution in [0.4, 0.5) is 0 Å². The molecule has 2 heterocycles. The Kier molecular flexibility index (Phi) is 5.09. The molecule has 2 N–H and O–H groups in total. The van der Waals surface area contributed by atoms with Crippen LogP contribution in [0.1, 0.15) is 12.8 Å². The molecule has 0 aliphatic carbocycles. The fourth-order valence-corrected chi connectivity index (χ4v) is 4.89. The van der Waals surface area contributed by atoms with Crippen molar-refractivity contribution in [3.63, 3.8) is 0 Å². The fourth-order valence-electron chi connectivity index (χ4n) is 2.72. The lowest BCUT2D eigenvalue weighted by Gasteiger charge is -2.34. The van der Waals surface area contributed by atoms with Crippen LogP contribution >= 0.6 is 11.7 Å². The highest BCUT2D eigenvalue weighted by molar-refractivity contribution is 7.89. The van der Waals surface area contributed by atoms with Crippen molar-refractivity contribution >= 4 is 38.7 Å². The maximum atomic E-state index is 12.9. The standard InChI is InChI=1S/C14H19N5O3S2/c15-6-2-5-13(20)18-7-9-19(10-8-18)24(21,22)12-4-1-3-11-14(12)17-23-16-11/h1,3-4H,2,5-10,15H2. The number of aromatic nitrogens is 2. The molecule has 1 saturated heterocycles. The highest BCUT2D eigenvalue weighted by atomic mass is 32.2. The second-order valence-electron chi connectivity index (χ2n) is 5.57. The van der Waals surface area contributed by atoms with Crippen LogP contribution < -0.4 is 5.73 Å². The van der Waals surface area contributed by atoms with E-state index in [1.165, 1.54) is 4.31 Å². The van der Waals surface area contributed by atoms with Gasteiger partial charge in [-0.3, -0.25) is 4.79 Å². The van der Waals surface area contributed by atoms with E-state index in [-0.39, 0.29) is 23.9 Å². The summed E-state index contributed by atoms with van der Waals surface area (Å²) in [5.74, 6) is 0.0308. The molecular formula is C14H19N5O3S2.